The van der Waals surface area contributed by atoms with Crippen LogP contribution in [0.2, 0.25) is 0 Å². The number of halogens is 3. The Kier molecular flexibility index (Phi) is 4.98. The summed E-state index contributed by atoms with van der Waals surface area (Å²) >= 11 is 0. The Morgan fingerprint density at radius 1 is 1.17 bits per heavy atom. The summed E-state index contributed by atoms with van der Waals surface area (Å²) in [6.07, 6.45) is -4.87. The van der Waals surface area contributed by atoms with Gasteiger partial charge in [0, 0.05) is 19.9 Å². The van der Waals surface area contributed by atoms with Crippen LogP contribution in [0.5, 0.6) is 0 Å². The molecule has 1 N–H and O–H groups in total. The van der Waals surface area contributed by atoms with Gasteiger partial charge in [0.1, 0.15) is 0 Å². The molecule has 0 saturated carbocycles. The van der Waals surface area contributed by atoms with Crippen molar-refractivity contribution in [2.75, 3.05) is 19.5 Å². The Labute approximate surface area is 104 Å². The van der Waals surface area contributed by atoms with Crippen LogP contribution in [0.3, 0.4) is 0 Å². The van der Waals surface area contributed by atoms with E-state index < -0.39 is 18.0 Å². The van der Waals surface area contributed by atoms with Crippen molar-refractivity contribution in [3.8, 4) is 0 Å². The fourth-order valence-electron chi connectivity index (χ4n) is 1.62. The molecule has 3 nitrogen and oxygen atoms in total. The SMILES string of the molecule is COC(OC)C(C)Nc1cccc(C(F)(F)F)c1. The van der Waals surface area contributed by atoms with Crippen molar-refractivity contribution in [2.45, 2.75) is 25.4 Å². The number of rotatable bonds is 5. The Morgan fingerprint density at radius 2 is 1.78 bits per heavy atom. The van der Waals surface area contributed by atoms with Crippen molar-refractivity contribution in [1.82, 2.24) is 0 Å². The Hall–Kier alpha value is -1.27. The fourth-order valence-corrected chi connectivity index (χ4v) is 1.62. The van der Waals surface area contributed by atoms with Crippen LogP contribution >= 0.6 is 0 Å². The average molecular weight is 263 g/mol. The molecule has 0 aliphatic rings. The summed E-state index contributed by atoms with van der Waals surface area (Å²) in [5.74, 6) is 0. The van der Waals surface area contributed by atoms with Gasteiger partial charge in [-0.25, -0.2) is 0 Å². The average Bonchev–Trinajstić information content (AvgIpc) is 2.29. The normalized spacial score (nSPS) is 13.7. The molecule has 18 heavy (non-hydrogen) atoms. The third kappa shape index (κ3) is 3.89. The molecule has 0 aliphatic carbocycles. The topological polar surface area (TPSA) is 30.5 Å². The molecule has 0 spiro atoms. The fraction of sp³-hybridized carbons (Fsp3) is 0.500. The van der Waals surface area contributed by atoms with E-state index in [4.69, 9.17) is 9.47 Å². The first-order valence-electron chi connectivity index (χ1n) is 5.38. The summed E-state index contributed by atoms with van der Waals surface area (Å²) in [5, 5.41) is 2.91. The zero-order valence-corrected chi connectivity index (χ0v) is 10.4. The summed E-state index contributed by atoms with van der Waals surface area (Å²) in [4.78, 5) is 0. The lowest BCUT2D eigenvalue weighted by atomic mass is 10.2. The molecule has 0 saturated heterocycles. The molecule has 0 bridgehead atoms. The number of alkyl halides is 3. The second-order valence-electron chi connectivity index (χ2n) is 3.85. The number of hydrogen-bond donors (Lipinski definition) is 1. The van der Waals surface area contributed by atoms with Crippen LogP contribution in [0, 0.1) is 0 Å². The van der Waals surface area contributed by atoms with E-state index in [0.29, 0.717) is 5.69 Å². The predicted octanol–water partition coefficient (Wildman–Crippen LogP) is 3.12. The van der Waals surface area contributed by atoms with Crippen molar-refractivity contribution in [3.05, 3.63) is 29.8 Å². The smallest absolute Gasteiger partial charge is 0.377 e. The Morgan fingerprint density at radius 3 is 2.28 bits per heavy atom. The molecular weight excluding hydrogens is 247 g/mol. The summed E-state index contributed by atoms with van der Waals surface area (Å²) in [7, 11) is 2.94. The molecule has 1 unspecified atom stereocenters. The minimum Gasteiger partial charge on any atom is -0.377 e. The third-order valence-corrected chi connectivity index (χ3v) is 2.46. The van der Waals surface area contributed by atoms with Crippen LogP contribution < -0.4 is 5.32 Å². The monoisotopic (exact) mass is 263 g/mol. The minimum absolute atomic E-state index is 0.275. The number of ether oxygens (including phenoxy) is 2. The van der Waals surface area contributed by atoms with Crippen molar-refractivity contribution in [1.29, 1.82) is 0 Å². The standard InChI is InChI=1S/C12H16F3NO2/c1-8(11(17-2)18-3)16-10-6-4-5-9(7-10)12(13,14)15/h4-8,11,16H,1-3H3. The van der Waals surface area contributed by atoms with E-state index >= 15 is 0 Å². The Balaban J connectivity index is 2.79. The summed E-state index contributed by atoms with van der Waals surface area (Å²) in [6, 6.07) is 4.72. The maximum absolute atomic E-state index is 12.5. The van der Waals surface area contributed by atoms with Gasteiger partial charge in [-0.05, 0) is 25.1 Å². The van der Waals surface area contributed by atoms with Gasteiger partial charge in [0.2, 0.25) is 0 Å². The molecule has 0 heterocycles. The Bertz CT molecular complexity index is 378. The molecule has 0 fully saturated rings. The number of benzene rings is 1. The molecule has 0 radical (unpaired) electrons. The van der Waals surface area contributed by atoms with E-state index in [9.17, 15) is 13.2 Å². The van der Waals surface area contributed by atoms with E-state index in [0.717, 1.165) is 12.1 Å². The summed E-state index contributed by atoms with van der Waals surface area (Å²) in [5.41, 5.74) is -0.317. The van der Waals surface area contributed by atoms with Crippen LogP contribution in [0.1, 0.15) is 12.5 Å². The van der Waals surface area contributed by atoms with E-state index in [1.165, 1.54) is 20.3 Å². The van der Waals surface area contributed by atoms with E-state index in [2.05, 4.69) is 5.32 Å². The molecule has 102 valence electrons. The summed E-state index contributed by atoms with van der Waals surface area (Å²) < 4.78 is 47.6. The van der Waals surface area contributed by atoms with Gasteiger partial charge in [-0.2, -0.15) is 13.2 Å². The molecule has 1 rings (SSSR count). The molecule has 6 heteroatoms. The molecule has 1 aromatic rings. The first kappa shape index (κ1) is 14.8. The predicted molar refractivity (Wildman–Crippen MR) is 62.3 cm³/mol. The van der Waals surface area contributed by atoms with Gasteiger partial charge in [-0.15, -0.1) is 0 Å². The van der Waals surface area contributed by atoms with Crippen LogP contribution in [0.4, 0.5) is 18.9 Å². The number of hydrogen-bond acceptors (Lipinski definition) is 3. The summed E-state index contributed by atoms with van der Waals surface area (Å²) in [6.45, 7) is 1.76. The number of nitrogens with one attached hydrogen (secondary N) is 1. The molecular formula is C12H16F3NO2. The van der Waals surface area contributed by atoms with Crippen molar-refractivity contribution in [2.24, 2.45) is 0 Å². The highest BCUT2D eigenvalue weighted by Gasteiger charge is 2.30. The van der Waals surface area contributed by atoms with Crippen LogP contribution in [-0.2, 0) is 15.7 Å². The molecule has 0 aromatic heterocycles. The van der Waals surface area contributed by atoms with E-state index in [-0.39, 0.29) is 6.04 Å². The van der Waals surface area contributed by atoms with Crippen LogP contribution in [-0.4, -0.2) is 26.6 Å². The maximum atomic E-state index is 12.5. The first-order chi connectivity index (χ1) is 8.38. The van der Waals surface area contributed by atoms with Gasteiger partial charge in [-0.3, -0.25) is 0 Å². The zero-order chi connectivity index (χ0) is 13.8. The van der Waals surface area contributed by atoms with Gasteiger partial charge in [0.05, 0.1) is 11.6 Å². The van der Waals surface area contributed by atoms with Gasteiger partial charge in [-0.1, -0.05) is 6.07 Å². The highest BCUT2D eigenvalue weighted by atomic mass is 19.4. The lowest BCUT2D eigenvalue weighted by Gasteiger charge is -2.23. The van der Waals surface area contributed by atoms with E-state index in [1.54, 1.807) is 13.0 Å². The highest BCUT2D eigenvalue weighted by molar-refractivity contribution is 5.47. The maximum Gasteiger partial charge on any atom is 0.416 e. The lowest BCUT2D eigenvalue weighted by Crippen LogP contribution is -2.33. The minimum atomic E-state index is -4.34. The molecule has 1 atom stereocenters. The second kappa shape index (κ2) is 6.06. The van der Waals surface area contributed by atoms with Crippen LogP contribution in [0.25, 0.3) is 0 Å². The van der Waals surface area contributed by atoms with E-state index in [1.807, 2.05) is 0 Å². The van der Waals surface area contributed by atoms with Crippen molar-refractivity contribution < 1.29 is 22.6 Å². The van der Waals surface area contributed by atoms with Gasteiger partial charge in [0.25, 0.3) is 0 Å². The van der Waals surface area contributed by atoms with Gasteiger partial charge >= 0.3 is 6.18 Å². The third-order valence-electron chi connectivity index (χ3n) is 2.46. The second-order valence-corrected chi connectivity index (χ2v) is 3.85. The molecule has 0 aliphatic heterocycles. The van der Waals surface area contributed by atoms with Gasteiger partial charge in [0.15, 0.2) is 6.29 Å². The molecule has 1 aromatic carbocycles. The molecule has 0 amide bonds. The van der Waals surface area contributed by atoms with Crippen molar-refractivity contribution in [3.63, 3.8) is 0 Å². The van der Waals surface area contributed by atoms with Gasteiger partial charge < -0.3 is 14.8 Å². The van der Waals surface area contributed by atoms with Crippen molar-refractivity contribution >= 4 is 5.69 Å². The zero-order valence-electron chi connectivity index (χ0n) is 10.4. The first-order valence-corrected chi connectivity index (χ1v) is 5.38. The highest BCUT2D eigenvalue weighted by Crippen LogP contribution is 2.30. The number of anilines is 1. The largest absolute Gasteiger partial charge is 0.416 e. The number of methoxy groups -OCH3 is 2. The quantitative estimate of drug-likeness (QED) is 0.828. The van der Waals surface area contributed by atoms with Crippen LogP contribution in [0.15, 0.2) is 24.3 Å². The lowest BCUT2D eigenvalue weighted by molar-refractivity contribution is -0.137.